The first kappa shape index (κ1) is 22.3. The van der Waals surface area contributed by atoms with Gasteiger partial charge in [0.05, 0.1) is 22.5 Å². The lowest BCUT2D eigenvalue weighted by Gasteiger charge is -2.53. The van der Waals surface area contributed by atoms with Crippen LogP contribution in [-0.2, 0) is 16.9 Å². The summed E-state index contributed by atoms with van der Waals surface area (Å²) < 4.78 is -0.281. The number of H-pyrrole nitrogens is 1. The second-order valence-electron chi connectivity index (χ2n) is 11.0. The number of carbonyl (C=O) groups is 2. The average Bonchev–Trinajstić information content (AvgIpc) is 3.39. The summed E-state index contributed by atoms with van der Waals surface area (Å²) in [5.74, 6) is 1.19. The van der Waals surface area contributed by atoms with Crippen molar-refractivity contribution >= 4 is 33.5 Å². The van der Waals surface area contributed by atoms with E-state index in [1.54, 1.807) is 0 Å². The molecule has 2 saturated carbocycles. The maximum atomic E-state index is 13.4. The standard InChI is InChI=1S/C25H35N5O2S/c1-24(2)20-18(21(29-28-20)27-22(31)25(13-8-14-25)33(3,4)5)15-30(24)23(32)26-19-10-7-6-9-17(19)16-11-12-16/h6-7,9-10,16H,8,11-15H2,1-5H3,(H,26,32)(H2,27,28,29,31). The van der Waals surface area contributed by atoms with E-state index < -0.39 is 15.6 Å². The highest BCUT2D eigenvalue weighted by Crippen LogP contribution is 2.60. The van der Waals surface area contributed by atoms with Crippen LogP contribution in [0, 0.1) is 0 Å². The molecule has 0 atom stereocenters. The van der Waals surface area contributed by atoms with Crippen molar-refractivity contribution in [3.05, 3.63) is 41.1 Å². The minimum atomic E-state index is -1.06. The molecular weight excluding hydrogens is 434 g/mol. The molecule has 0 radical (unpaired) electrons. The molecule has 2 aliphatic carbocycles. The molecule has 178 valence electrons. The molecule has 2 heterocycles. The van der Waals surface area contributed by atoms with Gasteiger partial charge in [-0.2, -0.15) is 5.10 Å². The first-order valence-corrected chi connectivity index (χ1v) is 14.6. The van der Waals surface area contributed by atoms with Gasteiger partial charge in [-0.05, 0) is 82.3 Å². The van der Waals surface area contributed by atoms with Crippen LogP contribution in [0.5, 0.6) is 0 Å². The van der Waals surface area contributed by atoms with Crippen LogP contribution < -0.4 is 10.6 Å². The van der Waals surface area contributed by atoms with Crippen LogP contribution in [0.3, 0.4) is 0 Å². The number of fused-ring (bicyclic) bond motifs is 1. The van der Waals surface area contributed by atoms with E-state index in [0.29, 0.717) is 18.3 Å². The number of urea groups is 1. The molecule has 8 heteroatoms. The third-order valence-electron chi connectivity index (χ3n) is 7.91. The van der Waals surface area contributed by atoms with Crippen LogP contribution in [0.4, 0.5) is 16.3 Å². The molecule has 3 N–H and O–H groups in total. The van der Waals surface area contributed by atoms with Crippen LogP contribution in [0.25, 0.3) is 0 Å². The van der Waals surface area contributed by atoms with E-state index >= 15 is 0 Å². The molecule has 2 fully saturated rings. The normalized spacial score (nSPS) is 21.2. The van der Waals surface area contributed by atoms with Crippen molar-refractivity contribution in [1.82, 2.24) is 15.1 Å². The van der Waals surface area contributed by atoms with Crippen molar-refractivity contribution in [3.63, 3.8) is 0 Å². The summed E-state index contributed by atoms with van der Waals surface area (Å²) in [7, 11) is -1.06. The predicted molar refractivity (Wildman–Crippen MR) is 135 cm³/mol. The molecule has 7 nitrogen and oxygen atoms in total. The lowest BCUT2D eigenvalue weighted by molar-refractivity contribution is -0.120. The van der Waals surface area contributed by atoms with Gasteiger partial charge >= 0.3 is 6.03 Å². The summed E-state index contributed by atoms with van der Waals surface area (Å²) >= 11 is 0. The Bertz CT molecular complexity index is 1110. The van der Waals surface area contributed by atoms with Crippen LogP contribution in [0.2, 0.25) is 0 Å². The molecule has 1 aliphatic heterocycles. The number of rotatable bonds is 5. The van der Waals surface area contributed by atoms with Crippen LogP contribution in [0.15, 0.2) is 24.3 Å². The van der Waals surface area contributed by atoms with E-state index in [0.717, 1.165) is 36.2 Å². The number of aromatic nitrogens is 2. The molecule has 33 heavy (non-hydrogen) atoms. The van der Waals surface area contributed by atoms with E-state index in [1.807, 2.05) is 36.9 Å². The molecule has 2 aromatic rings. The third-order valence-corrected chi connectivity index (χ3v) is 10.9. The Morgan fingerprint density at radius 3 is 2.42 bits per heavy atom. The minimum absolute atomic E-state index is 0.0737. The smallest absolute Gasteiger partial charge is 0.309 e. The zero-order chi connectivity index (χ0) is 23.6. The highest BCUT2D eigenvalue weighted by molar-refractivity contribution is 8.33. The zero-order valence-electron chi connectivity index (χ0n) is 20.2. The Kier molecular flexibility index (Phi) is 5.08. The van der Waals surface area contributed by atoms with Gasteiger partial charge in [-0.1, -0.05) is 18.2 Å². The second-order valence-corrected chi connectivity index (χ2v) is 15.5. The number of hydrogen-bond donors (Lipinski definition) is 3. The molecule has 5 rings (SSSR count). The fourth-order valence-corrected chi connectivity index (χ4v) is 7.45. The summed E-state index contributed by atoms with van der Waals surface area (Å²) in [6.45, 7) is 4.44. The lowest BCUT2D eigenvalue weighted by atomic mass is 9.83. The van der Waals surface area contributed by atoms with Gasteiger partial charge in [-0.15, -0.1) is 0 Å². The van der Waals surface area contributed by atoms with Crippen LogP contribution in [0.1, 0.15) is 68.7 Å². The quantitative estimate of drug-likeness (QED) is 0.567. The van der Waals surface area contributed by atoms with E-state index in [2.05, 4.69) is 45.7 Å². The first-order chi connectivity index (χ1) is 15.5. The Hall–Kier alpha value is -2.48. The molecule has 1 aromatic carbocycles. The largest absolute Gasteiger partial charge is 0.322 e. The van der Waals surface area contributed by atoms with Crippen molar-refractivity contribution in [2.75, 3.05) is 29.4 Å². The van der Waals surface area contributed by atoms with Crippen molar-refractivity contribution in [2.24, 2.45) is 0 Å². The first-order valence-electron chi connectivity index (χ1n) is 11.8. The Morgan fingerprint density at radius 2 is 1.82 bits per heavy atom. The second kappa shape index (κ2) is 7.52. The number of benzene rings is 1. The van der Waals surface area contributed by atoms with Crippen molar-refractivity contribution < 1.29 is 9.59 Å². The van der Waals surface area contributed by atoms with Gasteiger partial charge in [-0.25, -0.2) is 14.8 Å². The number of anilines is 2. The van der Waals surface area contributed by atoms with Crippen LogP contribution in [-0.4, -0.2) is 50.5 Å². The predicted octanol–water partition coefficient (Wildman–Crippen LogP) is 5.13. The van der Waals surface area contributed by atoms with Gasteiger partial charge in [0.25, 0.3) is 0 Å². The number of hydrogen-bond acceptors (Lipinski definition) is 3. The SMILES string of the molecule is CC1(C)c2[nH]nc(NC(=O)C3(S(C)(C)C)CCC3)c2CN1C(=O)Nc1ccccc1C1CC1. The monoisotopic (exact) mass is 469 g/mol. The molecule has 1 aromatic heterocycles. The molecule has 0 unspecified atom stereocenters. The van der Waals surface area contributed by atoms with Gasteiger partial charge in [0.15, 0.2) is 5.82 Å². The highest BCUT2D eigenvalue weighted by Gasteiger charge is 2.51. The molecule has 0 bridgehead atoms. The minimum Gasteiger partial charge on any atom is -0.309 e. The van der Waals surface area contributed by atoms with E-state index in [9.17, 15) is 9.59 Å². The molecular formula is C25H35N5O2S. The lowest BCUT2D eigenvalue weighted by Crippen LogP contribution is -2.51. The fourth-order valence-electron chi connectivity index (χ4n) is 5.33. The molecule has 3 aliphatic rings. The summed E-state index contributed by atoms with van der Waals surface area (Å²) in [5, 5.41) is 13.8. The summed E-state index contributed by atoms with van der Waals surface area (Å²) in [5.41, 5.74) is 3.33. The Labute approximate surface area is 197 Å². The molecule has 0 saturated heterocycles. The average molecular weight is 470 g/mol. The molecule has 0 spiro atoms. The van der Waals surface area contributed by atoms with Gasteiger partial charge in [0.1, 0.15) is 0 Å². The van der Waals surface area contributed by atoms with E-state index in [1.165, 1.54) is 18.4 Å². The summed E-state index contributed by atoms with van der Waals surface area (Å²) in [6.07, 6.45) is 12.0. The van der Waals surface area contributed by atoms with Gasteiger partial charge in [-0.3, -0.25) is 9.89 Å². The van der Waals surface area contributed by atoms with E-state index in [4.69, 9.17) is 0 Å². The van der Waals surface area contributed by atoms with Crippen molar-refractivity contribution in [2.45, 2.75) is 68.7 Å². The maximum Gasteiger partial charge on any atom is 0.322 e. The van der Waals surface area contributed by atoms with Gasteiger partial charge in [0.2, 0.25) is 5.91 Å². The Balaban J connectivity index is 1.35. The number of nitrogens with zero attached hydrogens (tertiary/aromatic N) is 2. The summed E-state index contributed by atoms with van der Waals surface area (Å²) in [6, 6.07) is 7.95. The third kappa shape index (κ3) is 3.54. The Morgan fingerprint density at radius 1 is 1.12 bits per heavy atom. The number of aromatic amines is 1. The van der Waals surface area contributed by atoms with Crippen molar-refractivity contribution in [1.29, 1.82) is 0 Å². The molecule has 3 amide bonds. The van der Waals surface area contributed by atoms with Gasteiger partial charge in [0, 0.05) is 11.3 Å². The highest BCUT2D eigenvalue weighted by atomic mass is 32.3. The maximum absolute atomic E-state index is 13.4. The van der Waals surface area contributed by atoms with Crippen molar-refractivity contribution in [3.8, 4) is 0 Å². The number of para-hydroxylation sites is 1. The van der Waals surface area contributed by atoms with Gasteiger partial charge < -0.3 is 15.5 Å². The van der Waals surface area contributed by atoms with Crippen LogP contribution >= 0.6 is 10.0 Å². The van der Waals surface area contributed by atoms with E-state index in [-0.39, 0.29) is 16.7 Å². The number of carbonyl (C=O) groups excluding carboxylic acids is 2. The fraction of sp³-hybridized carbons (Fsp3) is 0.560. The number of nitrogens with one attached hydrogen (secondary N) is 3. The number of amides is 3. The topological polar surface area (TPSA) is 90.1 Å². The zero-order valence-corrected chi connectivity index (χ0v) is 21.1. The summed E-state index contributed by atoms with van der Waals surface area (Å²) in [4.78, 5) is 28.5.